The van der Waals surface area contributed by atoms with E-state index >= 15 is 0 Å². The normalized spacial score (nSPS) is 24.6. The third-order valence-electron chi connectivity index (χ3n) is 2.94. The number of rotatable bonds is 3. The second kappa shape index (κ2) is 5.29. The van der Waals surface area contributed by atoms with Crippen LogP contribution < -0.4 is 5.32 Å². The highest BCUT2D eigenvalue weighted by Crippen LogP contribution is 2.25. The minimum absolute atomic E-state index is 0.0465. The number of aliphatic hydroxyl groups excluding tert-OH is 1. The molecular weight excluding hydrogens is 290 g/mol. The van der Waals surface area contributed by atoms with Crippen molar-refractivity contribution >= 4 is 33.2 Å². The van der Waals surface area contributed by atoms with E-state index in [0.717, 1.165) is 23.0 Å². The van der Waals surface area contributed by atoms with Gasteiger partial charge in [-0.15, -0.1) is 11.3 Å². The van der Waals surface area contributed by atoms with E-state index in [9.17, 15) is 9.90 Å². The van der Waals surface area contributed by atoms with Crippen LogP contribution >= 0.6 is 27.3 Å². The standard InChI is InChI=1S/C11H14BrNO2S/c12-10-5-4-9(16-10)11(15)13-6-7-2-1-3-8(7)14/h4-5,7-8,14H,1-3,6H2,(H,13,15). The van der Waals surface area contributed by atoms with Gasteiger partial charge in [-0.25, -0.2) is 0 Å². The molecule has 1 aliphatic rings. The number of hydrogen-bond acceptors (Lipinski definition) is 3. The lowest BCUT2D eigenvalue weighted by atomic mass is 10.1. The molecule has 1 heterocycles. The zero-order valence-corrected chi connectivity index (χ0v) is 11.2. The zero-order chi connectivity index (χ0) is 11.5. The summed E-state index contributed by atoms with van der Waals surface area (Å²) in [6.07, 6.45) is 2.70. The molecular formula is C11H14BrNO2S. The fourth-order valence-corrected chi connectivity index (χ4v) is 3.31. The zero-order valence-electron chi connectivity index (χ0n) is 8.78. The van der Waals surface area contributed by atoms with E-state index in [4.69, 9.17) is 0 Å². The van der Waals surface area contributed by atoms with Gasteiger partial charge in [-0.2, -0.15) is 0 Å². The molecule has 2 unspecified atom stereocenters. The predicted molar refractivity (Wildman–Crippen MR) is 67.7 cm³/mol. The molecule has 2 N–H and O–H groups in total. The minimum atomic E-state index is -0.240. The highest BCUT2D eigenvalue weighted by molar-refractivity contribution is 9.11. The van der Waals surface area contributed by atoms with Crippen molar-refractivity contribution in [3.63, 3.8) is 0 Å². The number of aliphatic hydroxyl groups is 1. The first kappa shape index (κ1) is 12.1. The summed E-state index contributed by atoms with van der Waals surface area (Å²) < 4.78 is 0.957. The summed E-state index contributed by atoms with van der Waals surface area (Å²) in [5.74, 6) is 0.183. The monoisotopic (exact) mass is 303 g/mol. The molecule has 3 nitrogen and oxygen atoms in total. The van der Waals surface area contributed by atoms with Gasteiger partial charge in [-0.1, -0.05) is 6.42 Å². The summed E-state index contributed by atoms with van der Waals surface area (Å²) in [5, 5.41) is 12.5. The van der Waals surface area contributed by atoms with Gasteiger partial charge in [0.05, 0.1) is 14.8 Å². The molecule has 0 spiro atoms. The summed E-state index contributed by atoms with van der Waals surface area (Å²) >= 11 is 4.75. The van der Waals surface area contributed by atoms with Gasteiger partial charge < -0.3 is 10.4 Å². The van der Waals surface area contributed by atoms with Crippen LogP contribution in [0.2, 0.25) is 0 Å². The van der Waals surface area contributed by atoms with E-state index < -0.39 is 0 Å². The molecule has 2 atom stereocenters. The largest absolute Gasteiger partial charge is 0.393 e. The van der Waals surface area contributed by atoms with Gasteiger partial charge in [0.1, 0.15) is 0 Å². The number of halogens is 1. The van der Waals surface area contributed by atoms with Gasteiger partial charge in [0.15, 0.2) is 0 Å². The maximum Gasteiger partial charge on any atom is 0.261 e. The van der Waals surface area contributed by atoms with E-state index in [1.165, 1.54) is 11.3 Å². The maximum absolute atomic E-state index is 11.7. The number of amides is 1. The summed E-state index contributed by atoms with van der Waals surface area (Å²) in [7, 11) is 0. The van der Waals surface area contributed by atoms with Gasteiger partial charge in [0, 0.05) is 12.5 Å². The van der Waals surface area contributed by atoms with Crippen molar-refractivity contribution in [2.24, 2.45) is 5.92 Å². The fourth-order valence-electron chi connectivity index (χ4n) is 2.00. The highest BCUT2D eigenvalue weighted by atomic mass is 79.9. The van der Waals surface area contributed by atoms with Crippen LogP contribution in [0.1, 0.15) is 28.9 Å². The maximum atomic E-state index is 11.7. The Morgan fingerprint density at radius 1 is 1.56 bits per heavy atom. The van der Waals surface area contributed by atoms with Crippen LogP contribution in [0.4, 0.5) is 0 Å². The molecule has 0 aromatic carbocycles. The summed E-state index contributed by atoms with van der Waals surface area (Å²) in [5.41, 5.74) is 0. The van der Waals surface area contributed by atoms with Crippen molar-refractivity contribution in [3.8, 4) is 0 Å². The van der Waals surface area contributed by atoms with Crippen LogP contribution in [0.15, 0.2) is 15.9 Å². The van der Waals surface area contributed by atoms with Crippen molar-refractivity contribution < 1.29 is 9.90 Å². The topological polar surface area (TPSA) is 49.3 Å². The van der Waals surface area contributed by atoms with Gasteiger partial charge in [-0.3, -0.25) is 4.79 Å². The second-order valence-corrected chi connectivity index (χ2v) is 6.54. The van der Waals surface area contributed by atoms with Crippen molar-refractivity contribution in [1.29, 1.82) is 0 Å². The Labute approximate surface area is 107 Å². The van der Waals surface area contributed by atoms with Crippen molar-refractivity contribution in [3.05, 3.63) is 20.8 Å². The lowest BCUT2D eigenvalue weighted by Gasteiger charge is -2.14. The molecule has 5 heteroatoms. The summed E-state index contributed by atoms with van der Waals surface area (Å²) in [6.45, 7) is 0.579. The molecule has 1 aromatic heterocycles. The molecule has 16 heavy (non-hydrogen) atoms. The first-order valence-electron chi connectivity index (χ1n) is 5.38. The van der Waals surface area contributed by atoms with E-state index in [-0.39, 0.29) is 17.9 Å². The lowest BCUT2D eigenvalue weighted by molar-refractivity contribution is 0.0920. The number of nitrogens with one attached hydrogen (secondary N) is 1. The van der Waals surface area contributed by atoms with Gasteiger partial charge in [0.25, 0.3) is 5.91 Å². The number of hydrogen-bond donors (Lipinski definition) is 2. The average molecular weight is 304 g/mol. The number of thiophene rings is 1. The van der Waals surface area contributed by atoms with Crippen LogP contribution in [-0.2, 0) is 0 Å². The van der Waals surface area contributed by atoms with Crippen molar-refractivity contribution in [2.75, 3.05) is 6.54 Å². The average Bonchev–Trinajstić information content (AvgIpc) is 2.84. The first-order valence-corrected chi connectivity index (χ1v) is 6.99. The highest BCUT2D eigenvalue weighted by Gasteiger charge is 2.25. The van der Waals surface area contributed by atoms with E-state index in [1.807, 2.05) is 6.07 Å². The smallest absolute Gasteiger partial charge is 0.261 e. The van der Waals surface area contributed by atoms with Gasteiger partial charge >= 0.3 is 0 Å². The quantitative estimate of drug-likeness (QED) is 0.901. The Kier molecular flexibility index (Phi) is 4.00. The second-order valence-electron chi connectivity index (χ2n) is 4.07. The summed E-state index contributed by atoms with van der Waals surface area (Å²) in [6, 6.07) is 3.67. The molecule has 1 saturated carbocycles. The molecule has 0 aliphatic heterocycles. The Bertz CT molecular complexity index is 380. The Morgan fingerprint density at radius 2 is 2.38 bits per heavy atom. The van der Waals surface area contributed by atoms with E-state index in [1.54, 1.807) is 6.07 Å². The third kappa shape index (κ3) is 2.84. The Morgan fingerprint density at radius 3 is 2.94 bits per heavy atom. The number of carbonyl (C=O) groups is 1. The molecule has 1 aromatic rings. The minimum Gasteiger partial charge on any atom is -0.393 e. The molecule has 1 amide bonds. The van der Waals surface area contributed by atoms with E-state index in [0.29, 0.717) is 11.4 Å². The molecule has 88 valence electrons. The third-order valence-corrected chi connectivity index (χ3v) is 4.56. The van der Waals surface area contributed by atoms with Crippen molar-refractivity contribution in [2.45, 2.75) is 25.4 Å². The SMILES string of the molecule is O=C(NCC1CCCC1O)c1ccc(Br)s1. The Hall–Kier alpha value is -0.390. The van der Waals surface area contributed by atoms with Crippen LogP contribution in [-0.4, -0.2) is 23.7 Å². The molecule has 0 bridgehead atoms. The van der Waals surface area contributed by atoms with Crippen LogP contribution in [0.5, 0.6) is 0 Å². The molecule has 2 rings (SSSR count). The van der Waals surface area contributed by atoms with Crippen LogP contribution in [0.3, 0.4) is 0 Å². The molecule has 0 radical (unpaired) electrons. The summed E-state index contributed by atoms with van der Waals surface area (Å²) in [4.78, 5) is 12.4. The van der Waals surface area contributed by atoms with Gasteiger partial charge in [0.2, 0.25) is 0 Å². The van der Waals surface area contributed by atoms with E-state index in [2.05, 4.69) is 21.2 Å². The fraction of sp³-hybridized carbons (Fsp3) is 0.545. The number of carbonyl (C=O) groups excluding carboxylic acids is 1. The van der Waals surface area contributed by atoms with Crippen LogP contribution in [0, 0.1) is 5.92 Å². The van der Waals surface area contributed by atoms with Gasteiger partial charge in [-0.05, 0) is 40.9 Å². The predicted octanol–water partition coefficient (Wildman–Crippen LogP) is 2.40. The van der Waals surface area contributed by atoms with Crippen molar-refractivity contribution in [1.82, 2.24) is 5.32 Å². The molecule has 1 fully saturated rings. The molecule has 0 saturated heterocycles. The lowest BCUT2D eigenvalue weighted by Crippen LogP contribution is -2.31. The first-order chi connectivity index (χ1) is 7.66. The Balaban J connectivity index is 1.84. The molecule has 1 aliphatic carbocycles. The van der Waals surface area contributed by atoms with Crippen LogP contribution in [0.25, 0.3) is 0 Å².